The molecule has 3 aromatic rings. The normalized spacial score (nSPS) is 14.3. The molecule has 4 heteroatoms. The van der Waals surface area contributed by atoms with Gasteiger partial charge in [-0.1, -0.05) is 48.5 Å². The van der Waals surface area contributed by atoms with Gasteiger partial charge in [-0.25, -0.2) is 4.98 Å². The minimum absolute atomic E-state index is 0.160. The van der Waals surface area contributed by atoms with Crippen LogP contribution in [0, 0.1) is 0 Å². The van der Waals surface area contributed by atoms with Crippen molar-refractivity contribution in [3.05, 3.63) is 78.0 Å². The summed E-state index contributed by atoms with van der Waals surface area (Å²) in [5, 5.41) is 3.40. The minimum Gasteiger partial charge on any atom is -0.348 e. The summed E-state index contributed by atoms with van der Waals surface area (Å²) in [5.74, 6) is 1.60. The van der Waals surface area contributed by atoms with Crippen LogP contribution >= 0.6 is 0 Å². The van der Waals surface area contributed by atoms with Crippen LogP contribution in [0.4, 0.5) is 17.5 Å². The third kappa shape index (κ3) is 2.83. The van der Waals surface area contributed by atoms with Gasteiger partial charge in [-0.2, -0.15) is 4.98 Å². The maximum Gasteiger partial charge on any atom is 0.225 e. The van der Waals surface area contributed by atoms with Crippen LogP contribution in [-0.4, -0.2) is 16.5 Å². The fraction of sp³-hybridized carbons (Fsp3) is 0.200. The molecule has 0 radical (unpaired) electrons. The van der Waals surface area contributed by atoms with Crippen LogP contribution in [0.15, 0.2) is 66.9 Å². The molecule has 1 N–H and O–H groups in total. The average Bonchev–Trinajstić information content (AvgIpc) is 3.07. The summed E-state index contributed by atoms with van der Waals surface area (Å²) >= 11 is 0. The first-order valence-corrected chi connectivity index (χ1v) is 8.31. The number of fused-ring (bicyclic) bond motifs is 1. The molecule has 1 aromatic heterocycles. The van der Waals surface area contributed by atoms with Crippen LogP contribution in [0.25, 0.3) is 0 Å². The Labute approximate surface area is 142 Å². The van der Waals surface area contributed by atoms with Gasteiger partial charge in [-0.05, 0) is 36.6 Å². The van der Waals surface area contributed by atoms with Crippen LogP contribution in [0.1, 0.15) is 24.1 Å². The summed E-state index contributed by atoms with van der Waals surface area (Å²) in [4.78, 5) is 11.4. The molecule has 2 heterocycles. The Hall–Kier alpha value is -2.88. The summed E-state index contributed by atoms with van der Waals surface area (Å²) in [6.07, 6.45) is 2.88. The summed E-state index contributed by atoms with van der Waals surface area (Å²) in [6.45, 7) is 3.08. The molecule has 0 saturated heterocycles. The monoisotopic (exact) mass is 316 g/mol. The van der Waals surface area contributed by atoms with Crippen molar-refractivity contribution in [2.24, 2.45) is 0 Å². The molecule has 120 valence electrons. The molecule has 4 rings (SSSR count). The Kier molecular flexibility index (Phi) is 3.87. The maximum absolute atomic E-state index is 4.72. The topological polar surface area (TPSA) is 41.1 Å². The van der Waals surface area contributed by atoms with Gasteiger partial charge in [0.1, 0.15) is 5.82 Å². The van der Waals surface area contributed by atoms with Crippen molar-refractivity contribution in [2.45, 2.75) is 19.4 Å². The van der Waals surface area contributed by atoms with Crippen LogP contribution in [0.2, 0.25) is 0 Å². The number of aromatic nitrogens is 2. The molecule has 4 nitrogen and oxygen atoms in total. The Morgan fingerprint density at radius 3 is 2.67 bits per heavy atom. The zero-order valence-corrected chi connectivity index (χ0v) is 13.7. The van der Waals surface area contributed by atoms with Crippen molar-refractivity contribution in [2.75, 3.05) is 16.8 Å². The smallest absolute Gasteiger partial charge is 0.225 e. The van der Waals surface area contributed by atoms with Gasteiger partial charge in [-0.3, -0.25) is 0 Å². The van der Waals surface area contributed by atoms with E-state index >= 15 is 0 Å². The maximum atomic E-state index is 4.72. The molecule has 0 amide bonds. The van der Waals surface area contributed by atoms with Crippen LogP contribution in [0.3, 0.4) is 0 Å². The van der Waals surface area contributed by atoms with Gasteiger partial charge < -0.3 is 10.2 Å². The number of para-hydroxylation sites is 1. The number of nitrogens with one attached hydrogen (secondary N) is 1. The number of nitrogens with zero attached hydrogens (tertiary/aromatic N) is 3. The van der Waals surface area contributed by atoms with E-state index in [1.54, 1.807) is 0 Å². The van der Waals surface area contributed by atoms with Gasteiger partial charge in [0, 0.05) is 18.4 Å². The molecule has 0 aliphatic carbocycles. The van der Waals surface area contributed by atoms with Crippen molar-refractivity contribution < 1.29 is 0 Å². The van der Waals surface area contributed by atoms with Crippen molar-refractivity contribution >= 4 is 17.5 Å². The molecule has 1 aliphatic rings. The fourth-order valence-corrected chi connectivity index (χ4v) is 3.16. The van der Waals surface area contributed by atoms with Crippen LogP contribution in [0.5, 0.6) is 0 Å². The lowest BCUT2D eigenvalue weighted by atomic mass is 10.1. The van der Waals surface area contributed by atoms with Gasteiger partial charge in [0.15, 0.2) is 0 Å². The first-order valence-electron chi connectivity index (χ1n) is 8.31. The van der Waals surface area contributed by atoms with Crippen molar-refractivity contribution in [1.29, 1.82) is 0 Å². The zero-order chi connectivity index (χ0) is 16.4. The quantitative estimate of drug-likeness (QED) is 0.777. The predicted octanol–water partition coefficient (Wildman–Crippen LogP) is 4.34. The number of benzene rings is 2. The number of hydrogen-bond acceptors (Lipinski definition) is 4. The third-order valence-electron chi connectivity index (χ3n) is 4.45. The highest BCUT2D eigenvalue weighted by Crippen LogP contribution is 2.33. The van der Waals surface area contributed by atoms with Gasteiger partial charge in [0.25, 0.3) is 0 Å². The second-order valence-corrected chi connectivity index (χ2v) is 6.05. The average molecular weight is 316 g/mol. The molecule has 1 unspecified atom stereocenters. The Morgan fingerprint density at radius 1 is 1.00 bits per heavy atom. The third-order valence-corrected chi connectivity index (χ3v) is 4.45. The molecular formula is C20H20N4. The molecule has 1 aliphatic heterocycles. The van der Waals surface area contributed by atoms with E-state index < -0.39 is 0 Å². The molecule has 0 spiro atoms. The van der Waals surface area contributed by atoms with Crippen molar-refractivity contribution in [1.82, 2.24) is 9.97 Å². The number of rotatable bonds is 4. The molecular weight excluding hydrogens is 296 g/mol. The van der Waals surface area contributed by atoms with E-state index in [1.165, 1.54) is 16.8 Å². The van der Waals surface area contributed by atoms with Gasteiger partial charge in [-0.15, -0.1) is 0 Å². The molecule has 0 bridgehead atoms. The van der Waals surface area contributed by atoms with Crippen molar-refractivity contribution in [3.8, 4) is 0 Å². The first kappa shape index (κ1) is 14.7. The highest BCUT2D eigenvalue weighted by Gasteiger charge is 2.21. The highest BCUT2D eigenvalue weighted by molar-refractivity contribution is 5.67. The highest BCUT2D eigenvalue weighted by atomic mass is 15.2. The zero-order valence-electron chi connectivity index (χ0n) is 13.7. The van der Waals surface area contributed by atoms with Crippen molar-refractivity contribution in [3.63, 3.8) is 0 Å². The molecule has 0 fully saturated rings. The molecule has 0 saturated carbocycles. The van der Waals surface area contributed by atoms with E-state index in [0.29, 0.717) is 5.95 Å². The number of hydrogen-bond donors (Lipinski definition) is 1. The minimum atomic E-state index is 0.160. The van der Waals surface area contributed by atoms with Crippen LogP contribution in [-0.2, 0) is 6.42 Å². The second kappa shape index (κ2) is 6.32. The summed E-state index contributed by atoms with van der Waals surface area (Å²) < 4.78 is 0. The van der Waals surface area contributed by atoms with Gasteiger partial charge in [0.2, 0.25) is 5.95 Å². The summed E-state index contributed by atoms with van der Waals surface area (Å²) in [7, 11) is 0. The van der Waals surface area contributed by atoms with Gasteiger partial charge >= 0.3 is 0 Å². The van der Waals surface area contributed by atoms with E-state index in [0.717, 1.165) is 18.8 Å². The Balaban J connectivity index is 1.57. The summed E-state index contributed by atoms with van der Waals surface area (Å²) in [5.41, 5.74) is 3.85. The van der Waals surface area contributed by atoms with E-state index in [1.807, 2.05) is 30.5 Å². The van der Waals surface area contributed by atoms with E-state index in [4.69, 9.17) is 4.98 Å². The Bertz CT molecular complexity index is 832. The fourth-order valence-electron chi connectivity index (χ4n) is 3.16. The lowest BCUT2D eigenvalue weighted by molar-refractivity contribution is 0.856. The lowest BCUT2D eigenvalue weighted by Crippen LogP contribution is -2.16. The standard InChI is InChI=1S/C20H20N4/c1-15(16-7-3-2-4-8-16)22-20-21-13-11-19(23-20)24-14-12-17-9-5-6-10-18(17)24/h2-11,13,15H,12,14H2,1H3,(H,21,22,23). The second-order valence-electron chi connectivity index (χ2n) is 6.05. The SMILES string of the molecule is CC(Nc1nccc(N2CCc3ccccc32)n1)c1ccccc1. The Morgan fingerprint density at radius 2 is 1.79 bits per heavy atom. The first-order chi connectivity index (χ1) is 11.8. The van der Waals surface area contributed by atoms with Gasteiger partial charge in [0.05, 0.1) is 6.04 Å². The van der Waals surface area contributed by atoms with E-state index in [2.05, 4.69) is 58.5 Å². The predicted molar refractivity (Wildman–Crippen MR) is 97.7 cm³/mol. The van der Waals surface area contributed by atoms with Crippen LogP contribution < -0.4 is 10.2 Å². The van der Waals surface area contributed by atoms with E-state index in [-0.39, 0.29) is 6.04 Å². The largest absolute Gasteiger partial charge is 0.348 e. The molecule has 2 aromatic carbocycles. The lowest BCUT2D eigenvalue weighted by Gasteiger charge is -2.20. The number of anilines is 3. The molecule has 24 heavy (non-hydrogen) atoms. The summed E-state index contributed by atoms with van der Waals surface area (Å²) in [6, 6.07) is 21.0. The molecule has 1 atom stereocenters. The van der Waals surface area contributed by atoms with E-state index in [9.17, 15) is 0 Å².